The highest BCUT2D eigenvalue weighted by molar-refractivity contribution is 6.35. The lowest BCUT2D eigenvalue weighted by molar-refractivity contribution is -0.139. The second-order valence-electron chi connectivity index (χ2n) is 5.08. The minimum Gasteiger partial charge on any atom is -0.497 e. The maximum atomic E-state index is 11.8. The molecule has 0 saturated carbocycles. The van der Waals surface area contributed by atoms with Crippen molar-refractivity contribution in [2.75, 3.05) is 7.11 Å². The number of carbonyl (C=O) groups is 2. The summed E-state index contributed by atoms with van der Waals surface area (Å²) in [5, 5.41) is 6.39. The molecule has 2 aromatic rings. The van der Waals surface area contributed by atoms with E-state index in [9.17, 15) is 9.59 Å². The summed E-state index contributed by atoms with van der Waals surface area (Å²) < 4.78 is 5.05. The molecule has 2 amide bonds. The molecule has 6 nitrogen and oxygen atoms in total. The second-order valence-corrected chi connectivity index (χ2v) is 5.08. The zero-order chi connectivity index (χ0) is 17.4. The Balaban J connectivity index is 1.84. The number of ether oxygens (including phenoxy) is 1. The molecule has 6 heteroatoms. The monoisotopic (exact) mass is 325 g/mol. The lowest BCUT2D eigenvalue weighted by atomic mass is 10.1. The van der Waals surface area contributed by atoms with Gasteiger partial charge in [0.15, 0.2) is 0 Å². The van der Waals surface area contributed by atoms with E-state index in [4.69, 9.17) is 4.74 Å². The maximum absolute atomic E-state index is 11.8. The van der Waals surface area contributed by atoms with Crippen LogP contribution in [-0.4, -0.2) is 25.1 Å². The molecule has 0 aliphatic carbocycles. The molecule has 0 aromatic heterocycles. The van der Waals surface area contributed by atoms with Gasteiger partial charge in [-0.15, -0.1) is 0 Å². The van der Waals surface area contributed by atoms with Gasteiger partial charge in [0, 0.05) is 0 Å². The summed E-state index contributed by atoms with van der Waals surface area (Å²) >= 11 is 0. The minimum atomic E-state index is -0.817. The average molecular weight is 325 g/mol. The molecule has 0 bridgehead atoms. The van der Waals surface area contributed by atoms with Gasteiger partial charge in [0.25, 0.3) is 0 Å². The molecule has 24 heavy (non-hydrogen) atoms. The van der Waals surface area contributed by atoms with Crippen LogP contribution in [0.15, 0.2) is 59.7 Å². The summed E-state index contributed by atoms with van der Waals surface area (Å²) in [5.74, 6) is -0.828. The summed E-state index contributed by atoms with van der Waals surface area (Å²) in [7, 11) is 1.58. The standard InChI is InChI=1S/C18H19N3O3/c1-13(15-6-4-3-5-7-15)20-17(22)18(23)21-19-12-14-8-10-16(24-2)11-9-14/h3-13H,1-2H3,(H,20,22)(H,21,23)/b19-12+/t13-/m1/s1. The Morgan fingerprint density at radius 2 is 1.71 bits per heavy atom. The molecule has 0 radical (unpaired) electrons. The number of methoxy groups -OCH3 is 1. The Bertz CT molecular complexity index is 712. The minimum absolute atomic E-state index is 0.269. The number of hydrogen-bond donors (Lipinski definition) is 2. The van der Waals surface area contributed by atoms with E-state index < -0.39 is 11.8 Å². The van der Waals surface area contributed by atoms with Crippen molar-refractivity contribution in [3.63, 3.8) is 0 Å². The van der Waals surface area contributed by atoms with Crippen molar-refractivity contribution in [2.45, 2.75) is 13.0 Å². The van der Waals surface area contributed by atoms with Crippen molar-refractivity contribution in [1.29, 1.82) is 0 Å². The number of benzene rings is 2. The van der Waals surface area contributed by atoms with Gasteiger partial charge >= 0.3 is 11.8 Å². The van der Waals surface area contributed by atoms with Crippen LogP contribution < -0.4 is 15.5 Å². The summed E-state index contributed by atoms with van der Waals surface area (Å²) in [6.07, 6.45) is 1.45. The van der Waals surface area contributed by atoms with Gasteiger partial charge in [0.2, 0.25) is 0 Å². The quantitative estimate of drug-likeness (QED) is 0.501. The molecule has 2 aromatic carbocycles. The number of hydrazone groups is 1. The van der Waals surface area contributed by atoms with E-state index >= 15 is 0 Å². The van der Waals surface area contributed by atoms with Crippen molar-refractivity contribution in [1.82, 2.24) is 10.7 Å². The molecule has 2 rings (SSSR count). The van der Waals surface area contributed by atoms with Crippen LogP contribution in [0.1, 0.15) is 24.1 Å². The van der Waals surface area contributed by atoms with Crippen molar-refractivity contribution in [3.8, 4) is 5.75 Å². The Labute approximate surface area is 140 Å². The van der Waals surface area contributed by atoms with Crippen molar-refractivity contribution >= 4 is 18.0 Å². The summed E-state index contributed by atoms with van der Waals surface area (Å²) in [5.41, 5.74) is 3.89. The number of rotatable bonds is 5. The Hall–Kier alpha value is -3.15. The largest absolute Gasteiger partial charge is 0.497 e. The van der Waals surface area contributed by atoms with Gasteiger partial charge in [-0.1, -0.05) is 30.3 Å². The molecule has 2 N–H and O–H groups in total. The Kier molecular flexibility index (Phi) is 6.08. The third-order valence-electron chi connectivity index (χ3n) is 3.35. The van der Waals surface area contributed by atoms with Crippen LogP contribution >= 0.6 is 0 Å². The molecule has 0 aliphatic rings. The lowest BCUT2D eigenvalue weighted by Crippen LogP contribution is -2.39. The average Bonchev–Trinajstić information content (AvgIpc) is 2.62. The summed E-state index contributed by atoms with van der Waals surface area (Å²) in [4.78, 5) is 23.6. The first-order valence-electron chi connectivity index (χ1n) is 7.43. The first kappa shape index (κ1) is 17.2. The number of hydrogen-bond acceptors (Lipinski definition) is 4. The van der Waals surface area contributed by atoms with Gasteiger partial charge in [0.05, 0.1) is 19.4 Å². The van der Waals surface area contributed by atoms with Crippen LogP contribution in [0.2, 0.25) is 0 Å². The van der Waals surface area contributed by atoms with Gasteiger partial charge in [0.1, 0.15) is 5.75 Å². The van der Waals surface area contributed by atoms with E-state index in [1.165, 1.54) is 6.21 Å². The molecular formula is C18H19N3O3. The van der Waals surface area contributed by atoms with Gasteiger partial charge < -0.3 is 10.1 Å². The first-order chi connectivity index (χ1) is 11.6. The fourth-order valence-electron chi connectivity index (χ4n) is 1.99. The SMILES string of the molecule is COc1ccc(/C=N/NC(=O)C(=O)N[C@H](C)c2ccccc2)cc1. The molecule has 0 spiro atoms. The molecule has 0 aliphatic heterocycles. The molecule has 0 saturated heterocycles. The summed E-state index contributed by atoms with van der Waals surface area (Å²) in [6, 6.07) is 16.2. The van der Waals surface area contributed by atoms with E-state index in [-0.39, 0.29) is 6.04 Å². The third kappa shape index (κ3) is 4.95. The number of nitrogens with one attached hydrogen (secondary N) is 2. The molecule has 0 unspecified atom stereocenters. The first-order valence-corrected chi connectivity index (χ1v) is 7.43. The van der Waals surface area contributed by atoms with Gasteiger partial charge in [-0.3, -0.25) is 9.59 Å². The van der Waals surface area contributed by atoms with Crippen LogP contribution in [-0.2, 0) is 9.59 Å². The Morgan fingerprint density at radius 3 is 2.33 bits per heavy atom. The van der Waals surface area contributed by atoms with Gasteiger partial charge in [-0.25, -0.2) is 5.43 Å². The second kappa shape index (κ2) is 8.47. The van der Waals surface area contributed by atoms with Crippen molar-refractivity contribution in [2.24, 2.45) is 5.10 Å². The van der Waals surface area contributed by atoms with E-state index in [2.05, 4.69) is 15.8 Å². The zero-order valence-electron chi connectivity index (χ0n) is 13.5. The molecule has 0 fully saturated rings. The predicted molar refractivity (Wildman–Crippen MR) is 91.7 cm³/mol. The maximum Gasteiger partial charge on any atom is 0.329 e. The normalized spacial score (nSPS) is 11.8. The topological polar surface area (TPSA) is 79.8 Å². The fraction of sp³-hybridized carbons (Fsp3) is 0.167. The van der Waals surface area contributed by atoms with Crippen molar-refractivity contribution < 1.29 is 14.3 Å². The number of carbonyl (C=O) groups excluding carboxylic acids is 2. The zero-order valence-corrected chi connectivity index (χ0v) is 13.5. The van der Waals surface area contributed by atoms with Crippen LogP contribution in [0.4, 0.5) is 0 Å². The molecule has 1 atom stereocenters. The van der Waals surface area contributed by atoms with Crippen LogP contribution in [0.3, 0.4) is 0 Å². The lowest BCUT2D eigenvalue weighted by Gasteiger charge is -2.13. The van der Waals surface area contributed by atoms with E-state index in [0.717, 1.165) is 16.9 Å². The van der Waals surface area contributed by atoms with Crippen LogP contribution in [0.25, 0.3) is 0 Å². The fourth-order valence-corrected chi connectivity index (χ4v) is 1.99. The highest BCUT2D eigenvalue weighted by Crippen LogP contribution is 2.11. The van der Waals surface area contributed by atoms with Crippen LogP contribution in [0.5, 0.6) is 5.75 Å². The van der Waals surface area contributed by atoms with Crippen molar-refractivity contribution in [3.05, 3.63) is 65.7 Å². The van der Waals surface area contributed by atoms with E-state index in [1.807, 2.05) is 30.3 Å². The van der Waals surface area contributed by atoms with Crippen LogP contribution in [0, 0.1) is 0 Å². The Morgan fingerprint density at radius 1 is 1.04 bits per heavy atom. The number of amides is 2. The summed E-state index contributed by atoms with van der Waals surface area (Å²) in [6.45, 7) is 1.81. The molecular weight excluding hydrogens is 306 g/mol. The molecule has 124 valence electrons. The van der Waals surface area contributed by atoms with E-state index in [0.29, 0.717) is 0 Å². The van der Waals surface area contributed by atoms with E-state index in [1.54, 1.807) is 38.3 Å². The number of nitrogens with zero attached hydrogens (tertiary/aromatic N) is 1. The third-order valence-corrected chi connectivity index (χ3v) is 3.35. The highest BCUT2D eigenvalue weighted by atomic mass is 16.5. The molecule has 0 heterocycles. The predicted octanol–water partition coefficient (Wildman–Crippen LogP) is 2.02. The van der Waals surface area contributed by atoms with Gasteiger partial charge in [-0.05, 0) is 42.3 Å². The smallest absolute Gasteiger partial charge is 0.329 e. The highest BCUT2D eigenvalue weighted by Gasteiger charge is 2.16. The van der Waals surface area contributed by atoms with Gasteiger partial charge in [-0.2, -0.15) is 5.10 Å².